The summed E-state index contributed by atoms with van der Waals surface area (Å²) in [6.45, 7) is 0. The smallest absolute Gasteiger partial charge is 0.0681 e. The molecule has 1 heterocycles. The van der Waals surface area contributed by atoms with Gasteiger partial charge in [0.2, 0.25) is 0 Å². The molecule has 9 aliphatic carbocycles. The lowest BCUT2D eigenvalue weighted by Gasteiger charge is -2.44. The van der Waals surface area contributed by atoms with E-state index in [0.29, 0.717) is 5.92 Å². The SMILES string of the molecule is C1=CCCC(C2(C3=CCCCC3)C3=C(CCC(C4C=C(NC5=C(C6CCCCC6)C6CCCCC6CC5)C=C(C5C=CC=CC5)N4)=C3)C3=C2CCC=C3)=C1. The van der Waals surface area contributed by atoms with Crippen LogP contribution in [-0.2, 0) is 0 Å². The Balaban J connectivity index is 1.06. The lowest BCUT2D eigenvalue weighted by Crippen LogP contribution is -2.38. The Hall–Kier alpha value is -3.52. The summed E-state index contributed by atoms with van der Waals surface area (Å²) in [6.07, 6.45) is 60.8. The van der Waals surface area contributed by atoms with E-state index in [9.17, 15) is 0 Å². The van der Waals surface area contributed by atoms with Crippen LogP contribution in [-0.4, -0.2) is 6.04 Å². The number of nitrogens with one attached hydrogen (secondary N) is 2. The summed E-state index contributed by atoms with van der Waals surface area (Å²) < 4.78 is 0. The minimum absolute atomic E-state index is 0.0420. The molecule has 0 aromatic rings. The highest BCUT2D eigenvalue weighted by Crippen LogP contribution is 2.64. The van der Waals surface area contributed by atoms with Crippen molar-refractivity contribution in [3.05, 3.63) is 141 Å². The highest BCUT2D eigenvalue weighted by Gasteiger charge is 2.51. The van der Waals surface area contributed by atoms with Gasteiger partial charge in [0, 0.05) is 23.0 Å². The van der Waals surface area contributed by atoms with Crippen molar-refractivity contribution in [3.8, 4) is 0 Å². The van der Waals surface area contributed by atoms with Crippen LogP contribution < -0.4 is 10.6 Å². The van der Waals surface area contributed by atoms with Gasteiger partial charge in [-0.1, -0.05) is 110 Å². The minimum atomic E-state index is -0.0420. The quantitative estimate of drug-likeness (QED) is 0.256. The van der Waals surface area contributed by atoms with Crippen molar-refractivity contribution in [1.82, 2.24) is 10.6 Å². The highest BCUT2D eigenvalue weighted by molar-refractivity contribution is 5.72. The third kappa shape index (κ3) is 6.23. The topological polar surface area (TPSA) is 24.1 Å². The van der Waals surface area contributed by atoms with E-state index in [2.05, 4.69) is 89.6 Å². The number of rotatable bonds is 7. The second kappa shape index (κ2) is 15.2. The first-order valence-electron chi connectivity index (χ1n) is 22.7. The van der Waals surface area contributed by atoms with Crippen LogP contribution in [0.1, 0.15) is 141 Å². The maximum absolute atomic E-state index is 4.28. The summed E-state index contributed by atoms with van der Waals surface area (Å²) in [5, 5.41) is 8.48. The molecule has 0 radical (unpaired) electrons. The Morgan fingerprint density at radius 1 is 0.704 bits per heavy atom. The zero-order valence-corrected chi connectivity index (χ0v) is 32.9. The van der Waals surface area contributed by atoms with Crippen LogP contribution in [0.25, 0.3) is 0 Å². The fourth-order valence-corrected chi connectivity index (χ4v) is 13.0. The summed E-state index contributed by atoms with van der Waals surface area (Å²) in [5.41, 5.74) is 17.8. The van der Waals surface area contributed by atoms with Crippen molar-refractivity contribution in [2.24, 2.45) is 29.1 Å². The molecule has 0 spiro atoms. The molecule has 54 heavy (non-hydrogen) atoms. The van der Waals surface area contributed by atoms with Gasteiger partial charge in [0.25, 0.3) is 0 Å². The predicted octanol–water partition coefficient (Wildman–Crippen LogP) is 13.3. The minimum Gasteiger partial charge on any atom is -0.378 e. The third-order valence-electron chi connectivity index (χ3n) is 15.5. The largest absolute Gasteiger partial charge is 0.378 e. The molecule has 282 valence electrons. The fourth-order valence-electron chi connectivity index (χ4n) is 13.0. The van der Waals surface area contributed by atoms with Gasteiger partial charge in [0.05, 0.1) is 11.5 Å². The molecule has 0 aromatic carbocycles. The highest BCUT2D eigenvalue weighted by atomic mass is 15.0. The summed E-state index contributed by atoms with van der Waals surface area (Å²) in [6, 6.07) is 0.206. The van der Waals surface area contributed by atoms with Gasteiger partial charge in [0.1, 0.15) is 0 Å². The molecule has 5 atom stereocenters. The fraction of sp³-hybridized carbons (Fsp3) is 0.538. The van der Waals surface area contributed by atoms with E-state index in [4.69, 9.17) is 0 Å². The van der Waals surface area contributed by atoms with Crippen molar-refractivity contribution < 1.29 is 0 Å². The lowest BCUT2D eigenvalue weighted by atomic mass is 9.59. The van der Waals surface area contributed by atoms with Crippen LogP contribution >= 0.6 is 0 Å². The molecule has 2 heteroatoms. The number of dihydropyridines is 1. The molecule has 1 aliphatic heterocycles. The average Bonchev–Trinajstić information content (AvgIpc) is 3.55. The van der Waals surface area contributed by atoms with E-state index < -0.39 is 0 Å². The lowest BCUT2D eigenvalue weighted by molar-refractivity contribution is 0.210. The van der Waals surface area contributed by atoms with Crippen molar-refractivity contribution in [1.29, 1.82) is 0 Å². The van der Waals surface area contributed by atoms with Crippen molar-refractivity contribution >= 4 is 0 Å². The molecular formula is C52H64N2. The number of fused-ring (bicyclic) bond motifs is 2. The van der Waals surface area contributed by atoms with Crippen LogP contribution in [0.15, 0.2) is 141 Å². The van der Waals surface area contributed by atoms with Gasteiger partial charge in [-0.05, 0) is 172 Å². The Morgan fingerprint density at radius 3 is 2.46 bits per heavy atom. The molecule has 0 amide bonds. The summed E-state index contributed by atoms with van der Waals surface area (Å²) in [4.78, 5) is 0. The van der Waals surface area contributed by atoms with Crippen LogP contribution in [0.3, 0.4) is 0 Å². The van der Waals surface area contributed by atoms with E-state index in [0.717, 1.165) is 43.4 Å². The number of hydrogen-bond donors (Lipinski definition) is 2. The van der Waals surface area contributed by atoms with Crippen LogP contribution in [0.2, 0.25) is 0 Å². The Bertz CT molecular complexity index is 1900. The van der Waals surface area contributed by atoms with Gasteiger partial charge in [0.15, 0.2) is 0 Å². The Labute approximate surface area is 326 Å². The first-order valence-corrected chi connectivity index (χ1v) is 22.7. The van der Waals surface area contributed by atoms with E-state index in [1.807, 2.05) is 5.57 Å². The van der Waals surface area contributed by atoms with Crippen LogP contribution in [0.4, 0.5) is 0 Å². The molecule has 0 saturated heterocycles. The van der Waals surface area contributed by atoms with E-state index in [-0.39, 0.29) is 11.5 Å². The second-order valence-corrected chi connectivity index (χ2v) is 18.4. The molecule has 10 aliphatic rings. The van der Waals surface area contributed by atoms with Gasteiger partial charge >= 0.3 is 0 Å². The molecule has 2 N–H and O–H groups in total. The number of hydrogen-bond acceptors (Lipinski definition) is 2. The molecule has 2 fully saturated rings. The first kappa shape index (κ1) is 34.9. The van der Waals surface area contributed by atoms with Crippen molar-refractivity contribution in [2.75, 3.05) is 0 Å². The van der Waals surface area contributed by atoms with Crippen molar-refractivity contribution in [3.63, 3.8) is 0 Å². The number of allylic oxidation sites excluding steroid dienone is 20. The second-order valence-electron chi connectivity index (χ2n) is 18.4. The van der Waals surface area contributed by atoms with Gasteiger partial charge in [-0.15, -0.1) is 0 Å². The maximum atomic E-state index is 4.28. The summed E-state index contributed by atoms with van der Waals surface area (Å²) in [5.74, 6) is 2.94. The first-order chi connectivity index (χ1) is 26.8. The molecular weight excluding hydrogens is 653 g/mol. The normalized spacial score (nSPS) is 34.0. The Morgan fingerprint density at radius 2 is 1.61 bits per heavy atom. The molecule has 0 bridgehead atoms. The van der Waals surface area contributed by atoms with Gasteiger partial charge in [-0.25, -0.2) is 0 Å². The monoisotopic (exact) mass is 717 g/mol. The van der Waals surface area contributed by atoms with E-state index in [1.165, 1.54) is 127 Å². The van der Waals surface area contributed by atoms with E-state index in [1.54, 1.807) is 44.7 Å². The van der Waals surface area contributed by atoms with Gasteiger partial charge < -0.3 is 10.6 Å². The molecule has 0 aromatic heterocycles. The van der Waals surface area contributed by atoms with Crippen LogP contribution in [0.5, 0.6) is 0 Å². The predicted molar refractivity (Wildman–Crippen MR) is 226 cm³/mol. The maximum Gasteiger partial charge on any atom is 0.0681 e. The van der Waals surface area contributed by atoms with Crippen molar-refractivity contribution in [2.45, 2.75) is 147 Å². The summed E-state index contributed by atoms with van der Waals surface area (Å²) >= 11 is 0. The molecule has 5 unspecified atom stereocenters. The molecule has 2 nitrogen and oxygen atoms in total. The van der Waals surface area contributed by atoms with Gasteiger partial charge in [-0.2, -0.15) is 0 Å². The van der Waals surface area contributed by atoms with E-state index >= 15 is 0 Å². The third-order valence-corrected chi connectivity index (χ3v) is 15.5. The van der Waals surface area contributed by atoms with Crippen LogP contribution in [0, 0.1) is 29.1 Å². The van der Waals surface area contributed by atoms with Gasteiger partial charge in [-0.3, -0.25) is 0 Å². The average molecular weight is 717 g/mol. The Kier molecular flexibility index (Phi) is 9.83. The summed E-state index contributed by atoms with van der Waals surface area (Å²) in [7, 11) is 0. The standard InChI is InChI=1S/C52H64N2/c1-5-18-37(19-6-1)49-34-42(53-48-32-30-36-17-13-14-26-43(36)51(48)38-20-7-2-8-21-38)35-50(54-49)39-29-31-45-44-27-15-16-28-46(44)52(47(45)33-39,40-22-9-3-10-23-40)41-24-11-4-12-25-41/h1,3,5-6,9,15,18,22,24,27,33-38,43,50,53-54H,2,4,7-8,10-14,16-17,19-21,23,25-26,28-32H2. The molecule has 10 rings (SSSR count). The zero-order chi connectivity index (χ0) is 35.9. The molecule has 2 saturated carbocycles. The zero-order valence-electron chi connectivity index (χ0n) is 32.9.